The number of benzene rings is 4. The maximum absolute atomic E-state index is 6.02. The normalized spacial score (nSPS) is 11.6. The van der Waals surface area contributed by atoms with Crippen molar-refractivity contribution >= 4 is 22.2 Å². The minimum atomic E-state index is 0.101. The summed E-state index contributed by atoms with van der Waals surface area (Å²) in [5, 5.41) is 0. The van der Waals surface area contributed by atoms with Crippen molar-refractivity contribution in [3.63, 3.8) is 0 Å². The molecule has 6 rings (SSSR count). The molecule has 0 unspecified atom stereocenters. The molecule has 0 aliphatic carbocycles. The summed E-state index contributed by atoms with van der Waals surface area (Å²) in [6.07, 6.45) is 0.202. The molecular weight excluding hydrogens is 476 g/mol. The predicted octanol–water partition coefficient (Wildman–Crippen LogP) is 8.54. The molecule has 0 radical (unpaired) electrons. The van der Waals surface area contributed by atoms with Crippen molar-refractivity contribution < 1.29 is 18.3 Å². The van der Waals surface area contributed by atoms with Gasteiger partial charge in [0.15, 0.2) is 11.2 Å². The maximum Gasteiger partial charge on any atom is 0.227 e. The fraction of sp³-hybridized carbons (Fsp3) is 0.188. The van der Waals surface area contributed by atoms with Gasteiger partial charge in [-0.2, -0.15) is 0 Å². The third kappa shape index (κ3) is 4.85. The summed E-state index contributed by atoms with van der Waals surface area (Å²) in [6, 6.07) is 27.8. The molecule has 2 aromatic heterocycles. The Morgan fingerprint density at radius 1 is 0.500 bits per heavy atom. The maximum atomic E-state index is 6.02. The van der Waals surface area contributed by atoms with Crippen LogP contribution in [0.2, 0.25) is 0 Å². The number of aromatic nitrogens is 2. The third-order valence-electron chi connectivity index (χ3n) is 6.06. The van der Waals surface area contributed by atoms with Gasteiger partial charge in [-0.1, -0.05) is 24.3 Å². The third-order valence-corrected chi connectivity index (χ3v) is 6.06. The lowest BCUT2D eigenvalue weighted by atomic mass is 10.0. The Hall–Kier alpha value is -4.58. The Morgan fingerprint density at radius 3 is 1.24 bits per heavy atom. The number of hydrogen-bond donors (Lipinski definition) is 0. The first-order valence-corrected chi connectivity index (χ1v) is 12.8. The largest absolute Gasteiger partial charge is 0.491 e. The molecule has 190 valence electrons. The lowest BCUT2D eigenvalue weighted by molar-refractivity contribution is 0.242. The molecule has 0 amide bonds. The first kappa shape index (κ1) is 23.8. The van der Waals surface area contributed by atoms with Crippen LogP contribution in [0.5, 0.6) is 11.5 Å². The highest BCUT2D eigenvalue weighted by Crippen LogP contribution is 2.31. The summed E-state index contributed by atoms with van der Waals surface area (Å²) in [5.41, 5.74) is 7.05. The second kappa shape index (κ2) is 9.71. The number of rotatable bonds is 7. The Balaban J connectivity index is 1.21. The second-order valence-corrected chi connectivity index (χ2v) is 9.79. The molecule has 4 aromatic carbocycles. The van der Waals surface area contributed by atoms with Crippen LogP contribution in [0.25, 0.3) is 56.2 Å². The second-order valence-electron chi connectivity index (χ2n) is 9.79. The van der Waals surface area contributed by atoms with Crippen LogP contribution in [0.15, 0.2) is 93.8 Å². The summed E-state index contributed by atoms with van der Waals surface area (Å²) in [6.45, 7) is 8.00. The predicted molar refractivity (Wildman–Crippen MR) is 149 cm³/mol. The van der Waals surface area contributed by atoms with E-state index in [1.165, 1.54) is 0 Å². The van der Waals surface area contributed by atoms with Gasteiger partial charge >= 0.3 is 0 Å². The monoisotopic (exact) mass is 504 g/mol. The number of oxazole rings is 2. The summed E-state index contributed by atoms with van der Waals surface area (Å²) < 4.78 is 23.6. The van der Waals surface area contributed by atoms with Crippen molar-refractivity contribution in [2.24, 2.45) is 0 Å². The zero-order valence-corrected chi connectivity index (χ0v) is 21.8. The van der Waals surface area contributed by atoms with Gasteiger partial charge in [0.2, 0.25) is 11.8 Å². The highest BCUT2D eigenvalue weighted by Gasteiger charge is 2.12. The Kier molecular flexibility index (Phi) is 6.08. The lowest BCUT2D eigenvalue weighted by Gasteiger charge is -2.08. The van der Waals surface area contributed by atoms with E-state index in [9.17, 15) is 0 Å². The van der Waals surface area contributed by atoms with E-state index in [-0.39, 0.29) is 12.2 Å². The molecule has 38 heavy (non-hydrogen) atoms. The Morgan fingerprint density at radius 2 is 0.868 bits per heavy atom. The average Bonchev–Trinajstić information content (AvgIpc) is 3.52. The van der Waals surface area contributed by atoms with Crippen LogP contribution in [0.4, 0.5) is 0 Å². The highest BCUT2D eigenvalue weighted by molar-refractivity contribution is 5.79. The van der Waals surface area contributed by atoms with Crippen molar-refractivity contribution in [3.8, 4) is 45.5 Å². The minimum Gasteiger partial charge on any atom is -0.491 e. The molecule has 0 bridgehead atoms. The number of fused-ring (bicyclic) bond motifs is 2. The van der Waals surface area contributed by atoms with Crippen molar-refractivity contribution in [3.05, 3.63) is 84.9 Å². The van der Waals surface area contributed by atoms with E-state index in [0.29, 0.717) is 22.9 Å². The number of hydrogen-bond acceptors (Lipinski definition) is 6. The van der Waals surface area contributed by atoms with Gasteiger partial charge in [-0.3, -0.25) is 0 Å². The topological polar surface area (TPSA) is 70.5 Å². The molecular formula is C32H28N2O4. The molecule has 6 aromatic rings. The van der Waals surface area contributed by atoms with Gasteiger partial charge in [0, 0.05) is 23.3 Å². The zero-order chi connectivity index (χ0) is 26.2. The molecule has 0 N–H and O–H groups in total. The molecule has 0 saturated carbocycles. The summed E-state index contributed by atoms with van der Waals surface area (Å²) in [5.74, 6) is 2.72. The van der Waals surface area contributed by atoms with E-state index in [4.69, 9.17) is 18.3 Å². The summed E-state index contributed by atoms with van der Waals surface area (Å²) in [7, 11) is 0. The highest BCUT2D eigenvalue weighted by atomic mass is 16.5. The fourth-order valence-electron chi connectivity index (χ4n) is 4.36. The Labute approximate surface area is 220 Å². The van der Waals surface area contributed by atoms with Crippen molar-refractivity contribution in [2.45, 2.75) is 39.9 Å². The van der Waals surface area contributed by atoms with E-state index in [1.54, 1.807) is 0 Å². The molecule has 0 fully saturated rings. The summed E-state index contributed by atoms with van der Waals surface area (Å²) >= 11 is 0. The van der Waals surface area contributed by atoms with Crippen LogP contribution in [0.3, 0.4) is 0 Å². The van der Waals surface area contributed by atoms with Crippen molar-refractivity contribution in [1.82, 2.24) is 9.97 Å². The minimum absolute atomic E-state index is 0.101. The van der Waals surface area contributed by atoms with Gasteiger partial charge in [-0.05, 0) is 87.4 Å². The smallest absolute Gasteiger partial charge is 0.227 e. The average molecular weight is 505 g/mol. The first-order valence-electron chi connectivity index (χ1n) is 12.8. The summed E-state index contributed by atoms with van der Waals surface area (Å²) in [4.78, 5) is 9.28. The van der Waals surface area contributed by atoms with E-state index in [0.717, 1.165) is 44.8 Å². The van der Waals surface area contributed by atoms with Gasteiger partial charge < -0.3 is 18.3 Å². The lowest BCUT2D eigenvalue weighted by Crippen LogP contribution is -2.04. The molecule has 6 heteroatoms. The van der Waals surface area contributed by atoms with Gasteiger partial charge in [-0.15, -0.1) is 0 Å². The fourth-order valence-corrected chi connectivity index (χ4v) is 4.36. The molecule has 0 spiro atoms. The van der Waals surface area contributed by atoms with Crippen LogP contribution in [-0.4, -0.2) is 22.2 Å². The molecule has 0 aliphatic rings. The van der Waals surface area contributed by atoms with Gasteiger partial charge in [-0.25, -0.2) is 9.97 Å². The van der Waals surface area contributed by atoms with Crippen LogP contribution in [0, 0.1) is 0 Å². The standard InChI is InChI=1S/C32H28N2O4/c1-19(2)35-25-13-15-27-29(17-25)37-31(33-27)23-9-5-21(6-10-23)22-7-11-24(12-8-22)32-34-28-16-14-26(36-20(3)4)18-30(28)38-32/h5-20H,1-4H3. The first-order chi connectivity index (χ1) is 18.4. The Bertz CT molecular complexity index is 1580. The zero-order valence-electron chi connectivity index (χ0n) is 21.8. The molecule has 0 saturated heterocycles. The van der Waals surface area contributed by atoms with Gasteiger partial charge in [0.05, 0.1) is 12.2 Å². The quantitative estimate of drug-likeness (QED) is 0.217. The number of nitrogens with zero attached hydrogens (tertiary/aromatic N) is 2. The van der Waals surface area contributed by atoms with Crippen LogP contribution in [0.1, 0.15) is 27.7 Å². The van der Waals surface area contributed by atoms with E-state index in [2.05, 4.69) is 34.2 Å². The van der Waals surface area contributed by atoms with E-state index >= 15 is 0 Å². The van der Waals surface area contributed by atoms with Crippen LogP contribution < -0.4 is 9.47 Å². The van der Waals surface area contributed by atoms with Crippen molar-refractivity contribution in [1.29, 1.82) is 0 Å². The van der Waals surface area contributed by atoms with Gasteiger partial charge in [0.1, 0.15) is 22.5 Å². The van der Waals surface area contributed by atoms with Crippen molar-refractivity contribution in [2.75, 3.05) is 0 Å². The van der Waals surface area contributed by atoms with Gasteiger partial charge in [0.25, 0.3) is 0 Å². The van der Waals surface area contributed by atoms with E-state index in [1.807, 2.05) is 88.4 Å². The molecule has 0 aliphatic heterocycles. The van der Waals surface area contributed by atoms with Crippen LogP contribution in [-0.2, 0) is 0 Å². The number of ether oxygens (including phenoxy) is 2. The molecule has 6 nitrogen and oxygen atoms in total. The van der Waals surface area contributed by atoms with E-state index < -0.39 is 0 Å². The van der Waals surface area contributed by atoms with Crippen LogP contribution >= 0.6 is 0 Å². The molecule has 2 heterocycles. The SMILES string of the molecule is CC(C)Oc1ccc2nc(-c3ccc(-c4ccc(-c5nc6ccc(OC(C)C)cc6o5)cc4)cc3)oc2c1. The molecule has 0 atom stereocenters.